The highest BCUT2D eigenvalue weighted by Gasteiger charge is 2.17. The Bertz CT molecular complexity index is 1300. The van der Waals surface area contributed by atoms with E-state index in [1.807, 2.05) is 93.5 Å². The molecule has 0 amide bonds. The Morgan fingerprint density at radius 2 is 1.66 bits per heavy atom. The zero-order valence-electron chi connectivity index (χ0n) is 18.8. The maximum atomic E-state index is 13.6. The van der Waals surface area contributed by atoms with Gasteiger partial charge in [-0.3, -0.25) is 9.36 Å². The molecule has 0 atom stereocenters. The van der Waals surface area contributed by atoms with Crippen molar-refractivity contribution in [2.75, 3.05) is 32.2 Å². The predicted octanol–water partition coefficient (Wildman–Crippen LogP) is 4.11. The fourth-order valence-electron chi connectivity index (χ4n) is 3.92. The van der Waals surface area contributed by atoms with Gasteiger partial charge in [0.05, 0.1) is 23.2 Å². The van der Waals surface area contributed by atoms with Crippen LogP contribution < -0.4 is 15.2 Å². The second-order valence-electron chi connectivity index (χ2n) is 8.02. The van der Waals surface area contributed by atoms with Crippen LogP contribution in [0, 0.1) is 13.8 Å². The van der Waals surface area contributed by atoms with Crippen molar-refractivity contribution in [2.24, 2.45) is 0 Å². The fourth-order valence-corrected chi connectivity index (χ4v) is 3.92. The number of para-hydroxylation sites is 1. The molecule has 0 aliphatic heterocycles. The van der Waals surface area contributed by atoms with Gasteiger partial charge in [0.25, 0.3) is 5.56 Å². The molecule has 32 heavy (non-hydrogen) atoms. The largest absolute Gasteiger partial charge is 0.491 e. The van der Waals surface area contributed by atoms with Gasteiger partial charge in [-0.25, -0.2) is 4.98 Å². The van der Waals surface area contributed by atoms with Crippen molar-refractivity contribution >= 4 is 16.6 Å². The molecular weight excluding hydrogens is 402 g/mol. The van der Waals surface area contributed by atoms with E-state index in [1.54, 1.807) is 4.57 Å². The molecule has 6 heteroatoms. The Balaban J connectivity index is 1.97. The third kappa shape index (κ3) is 3.97. The molecule has 0 bridgehead atoms. The van der Waals surface area contributed by atoms with Gasteiger partial charge in [-0.2, -0.15) is 0 Å². The number of ether oxygens (including phenoxy) is 1. The monoisotopic (exact) mass is 429 g/mol. The molecule has 164 valence electrons. The van der Waals surface area contributed by atoms with E-state index in [0.29, 0.717) is 16.7 Å². The third-order valence-electron chi connectivity index (χ3n) is 5.46. The van der Waals surface area contributed by atoms with Crippen LogP contribution in [0.5, 0.6) is 5.75 Å². The maximum absolute atomic E-state index is 13.6. The first-order chi connectivity index (χ1) is 15.4. The highest BCUT2D eigenvalue weighted by atomic mass is 16.5. The first-order valence-corrected chi connectivity index (χ1v) is 10.6. The van der Waals surface area contributed by atoms with Crippen molar-refractivity contribution in [3.63, 3.8) is 0 Å². The summed E-state index contributed by atoms with van der Waals surface area (Å²) in [7, 11) is 3.96. The van der Waals surface area contributed by atoms with Crippen LogP contribution in [-0.4, -0.2) is 42.0 Å². The molecule has 0 saturated heterocycles. The molecule has 6 nitrogen and oxygen atoms in total. The van der Waals surface area contributed by atoms with Gasteiger partial charge < -0.3 is 14.7 Å². The molecule has 3 aromatic carbocycles. The molecule has 1 heterocycles. The van der Waals surface area contributed by atoms with E-state index in [1.165, 1.54) is 0 Å². The van der Waals surface area contributed by atoms with Gasteiger partial charge in [-0.05, 0) is 73.5 Å². The first-order valence-electron chi connectivity index (χ1n) is 10.6. The smallest absolute Gasteiger partial charge is 0.266 e. The fraction of sp³-hybridized carbons (Fsp3) is 0.231. The summed E-state index contributed by atoms with van der Waals surface area (Å²) in [5, 5.41) is 9.69. The average molecular weight is 430 g/mol. The van der Waals surface area contributed by atoms with E-state index in [-0.39, 0.29) is 18.8 Å². The van der Waals surface area contributed by atoms with E-state index in [9.17, 15) is 4.79 Å². The number of hydrogen-bond acceptors (Lipinski definition) is 5. The molecule has 0 spiro atoms. The lowest BCUT2D eigenvalue weighted by molar-refractivity contribution is 0.200. The van der Waals surface area contributed by atoms with Crippen molar-refractivity contribution in [1.29, 1.82) is 0 Å². The molecule has 0 radical (unpaired) electrons. The summed E-state index contributed by atoms with van der Waals surface area (Å²) in [6, 6.07) is 19.2. The minimum Gasteiger partial charge on any atom is -0.491 e. The van der Waals surface area contributed by atoms with Crippen molar-refractivity contribution in [1.82, 2.24) is 9.55 Å². The minimum atomic E-state index is -0.112. The predicted molar refractivity (Wildman–Crippen MR) is 129 cm³/mol. The number of benzene rings is 3. The zero-order valence-corrected chi connectivity index (χ0v) is 18.8. The molecule has 0 saturated carbocycles. The van der Waals surface area contributed by atoms with E-state index >= 15 is 0 Å². The molecule has 0 aliphatic rings. The number of aliphatic hydroxyl groups is 1. The number of aliphatic hydroxyl groups excluding tert-OH is 1. The second kappa shape index (κ2) is 8.85. The number of aromatic nitrogens is 2. The number of aryl methyl sites for hydroxylation is 2. The van der Waals surface area contributed by atoms with Crippen LogP contribution in [0.25, 0.3) is 28.0 Å². The number of hydrogen-bond donors (Lipinski definition) is 1. The molecule has 0 unspecified atom stereocenters. The van der Waals surface area contributed by atoms with Gasteiger partial charge in [-0.15, -0.1) is 0 Å². The Kier molecular flexibility index (Phi) is 5.97. The topological polar surface area (TPSA) is 67.6 Å². The van der Waals surface area contributed by atoms with Crippen LogP contribution in [0.4, 0.5) is 5.69 Å². The van der Waals surface area contributed by atoms with Gasteiger partial charge in [0.2, 0.25) is 0 Å². The molecular formula is C26H27N3O3. The second-order valence-corrected chi connectivity index (χ2v) is 8.02. The number of fused-ring (bicyclic) bond motifs is 1. The van der Waals surface area contributed by atoms with Crippen molar-refractivity contribution in [3.05, 3.63) is 82.1 Å². The highest BCUT2D eigenvalue weighted by molar-refractivity contribution is 5.81. The SMILES string of the molecule is Cc1cc(-c2nc3ccccc3c(=O)n2-c2ccc(N(C)C)cc2)cc(C)c1OCCO. The van der Waals surface area contributed by atoms with E-state index < -0.39 is 0 Å². The van der Waals surface area contributed by atoms with Crippen LogP contribution in [0.1, 0.15) is 11.1 Å². The van der Waals surface area contributed by atoms with Gasteiger partial charge in [-0.1, -0.05) is 12.1 Å². The number of nitrogens with zero attached hydrogens (tertiary/aromatic N) is 3. The molecule has 1 N–H and O–H groups in total. The molecule has 0 aliphatic carbocycles. The molecule has 1 aromatic heterocycles. The standard InChI is InChI=1S/C26H27N3O3/c1-17-15-19(16-18(2)24(17)32-14-13-30)25-27-23-8-6-5-7-22(23)26(31)29(25)21-11-9-20(10-12-21)28(3)4/h5-12,15-16,30H,13-14H2,1-4H3. The first kappa shape index (κ1) is 21.6. The molecule has 4 aromatic rings. The van der Waals surface area contributed by atoms with Crippen LogP contribution >= 0.6 is 0 Å². The number of rotatable bonds is 6. The van der Waals surface area contributed by atoms with Crippen LogP contribution in [0.3, 0.4) is 0 Å². The highest BCUT2D eigenvalue weighted by Crippen LogP contribution is 2.31. The van der Waals surface area contributed by atoms with Crippen molar-refractivity contribution in [2.45, 2.75) is 13.8 Å². The average Bonchev–Trinajstić information content (AvgIpc) is 2.78. The normalized spacial score (nSPS) is 11.0. The lowest BCUT2D eigenvalue weighted by Crippen LogP contribution is -2.22. The van der Waals surface area contributed by atoms with Gasteiger partial charge in [0, 0.05) is 25.3 Å². The summed E-state index contributed by atoms with van der Waals surface area (Å²) >= 11 is 0. The van der Waals surface area contributed by atoms with Gasteiger partial charge in [0.15, 0.2) is 0 Å². The van der Waals surface area contributed by atoms with Gasteiger partial charge in [0.1, 0.15) is 18.2 Å². The van der Waals surface area contributed by atoms with Crippen LogP contribution in [0.15, 0.2) is 65.5 Å². The van der Waals surface area contributed by atoms with E-state index in [2.05, 4.69) is 0 Å². The van der Waals surface area contributed by atoms with Crippen LogP contribution in [0.2, 0.25) is 0 Å². The molecule has 0 fully saturated rings. The minimum absolute atomic E-state index is 0.0463. The number of anilines is 1. The Labute approximate surface area is 187 Å². The van der Waals surface area contributed by atoms with Crippen molar-refractivity contribution in [3.8, 4) is 22.8 Å². The Morgan fingerprint density at radius 1 is 1.00 bits per heavy atom. The summed E-state index contributed by atoms with van der Waals surface area (Å²) in [5.74, 6) is 1.32. The quantitative estimate of drug-likeness (QED) is 0.500. The Morgan fingerprint density at radius 3 is 2.28 bits per heavy atom. The Hall–Kier alpha value is -3.64. The van der Waals surface area contributed by atoms with E-state index in [0.717, 1.165) is 33.8 Å². The van der Waals surface area contributed by atoms with Crippen LogP contribution in [-0.2, 0) is 0 Å². The lowest BCUT2D eigenvalue weighted by atomic mass is 10.0. The maximum Gasteiger partial charge on any atom is 0.266 e. The third-order valence-corrected chi connectivity index (χ3v) is 5.46. The lowest BCUT2D eigenvalue weighted by Gasteiger charge is -2.18. The van der Waals surface area contributed by atoms with Crippen molar-refractivity contribution < 1.29 is 9.84 Å². The summed E-state index contributed by atoms with van der Waals surface area (Å²) in [6.45, 7) is 4.10. The molecule has 4 rings (SSSR count). The summed E-state index contributed by atoms with van der Waals surface area (Å²) in [5.41, 5.74) is 5.02. The van der Waals surface area contributed by atoms with E-state index in [4.69, 9.17) is 14.8 Å². The summed E-state index contributed by atoms with van der Waals surface area (Å²) in [4.78, 5) is 20.5. The summed E-state index contributed by atoms with van der Waals surface area (Å²) in [6.07, 6.45) is 0. The summed E-state index contributed by atoms with van der Waals surface area (Å²) < 4.78 is 7.38. The van der Waals surface area contributed by atoms with Gasteiger partial charge >= 0.3 is 0 Å². The zero-order chi connectivity index (χ0) is 22.8.